The maximum absolute atomic E-state index is 13.2. The second kappa shape index (κ2) is 9.87. The predicted molar refractivity (Wildman–Crippen MR) is 122 cm³/mol. The number of carboxylic acids is 1. The van der Waals surface area contributed by atoms with Gasteiger partial charge in [0.2, 0.25) is 5.91 Å². The van der Waals surface area contributed by atoms with Gasteiger partial charge in [0.1, 0.15) is 18.2 Å². The van der Waals surface area contributed by atoms with Crippen molar-refractivity contribution in [3.05, 3.63) is 71.4 Å². The number of aromatic nitrogens is 1. The monoisotopic (exact) mass is 449 g/mol. The summed E-state index contributed by atoms with van der Waals surface area (Å²) >= 11 is 0. The van der Waals surface area contributed by atoms with Gasteiger partial charge >= 0.3 is 11.9 Å². The van der Waals surface area contributed by atoms with E-state index in [1.165, 1.54) is 0 Å². The smallest absolute Gasteiger partial charge is 0.329 e. The second-order valence-electron chi connectivity index (χ2n) is 8.33. The fraction of sp³-hybridized carbons (Fsp3) is 0.320. The van der Waals surface area contributed by atoms with Crippen LogP contribution in [0.4, 0.5) is 0 Å². The van der Waals surface area contributed by atoms with Gasteiger partial charge in [-0.2, -0.15) is 0 Å². The number of benzene rings is 2. The van der Waals surface area contributed by atoms with Crippen molar-refractivity contribution in [2.45, 2.75) is 50.3 Å². The average Bonchev–Trinajstić information content (AvgIpc) is 3.41. The molecule has 0 bridgehead atoms. The van der Waals surface area contributed by atoms with Crippen LogP contribution in [0.1, 0.15) is 42.1 Å². The van der Waals surface area contributed by atoms with Crippen molar-refractivity contribution in [2.75, 3.05) is 0 Å². The van der Waals surface area contributed by atoms with Gasteiger partial charge in [0.05, 0.1) is 0 Å². The summed E-state index contributed by atoms with van der Waals surface area (Å²) < 4.78 is 5.84. The van der Waals surface area contributed by atoms with Crippen LogP contribution >= 0.6 is 0 Å². The molecule has 1 amide bonds. The number of hydrogen-bond donors (Lipinski definition) is 4. The first-order valence-corrected chi connectivity index (χ1v) is 11.0. The summed E-state index contributed by atoms with van der Waals surface area (Å²) in [7, 11) is 0. The van der Waals surface area contributed by atoms with E-state index in [0.29, 0.717) is 6.42 Å². The molecule has 4 rings (SSSR count). The third kappa shape index (κ3) is 5.23. The van der Waals surface area contributed by atoms with E-state index in [9.17, 15) is 14.4 Å². The van der Waals surface area contributed by atoms with Crippen LogP contribution < -0.4 is 11.1 Å². The molecule has 0 fully saturated rings. The number of para-hydroxylation sites is 1. The van der Waals surface area contributed by atoms with Gasteiger partial charge in [-0.05, 0) is 42.0 Å². The molecule has 172 valence electrons. The SMILES string of the molecule is N[C@H](CCC(=O)NC(Cc1c[nH]c2ccccc12)C(=O)OC1CCc2ccccc21)C(=O)O. The number of carboxylic acid groups (broad SMARTS) is 1. The largest absolute Gasteiger partial charge is 0.480 e. The molecule has 0 saturated carbocycles. The van der Waals surface area contributed by atoms with Gasteiger partial charge in [0.25, 0.3) is 0 Å². The molecule has 1 aliphatic rings. The highest BCUT2D eigenvalue weighted by Crippen LogP contribution is 2.34. The van der Waals surface area contributed by atoms with E-state index in [4.69, 9.17) is 15.6 Å². The summed E-state index contributed by atoms with van der Waals surface area (Å²) in [4.78, 5) is 39.8. The Morgan fingerprint density at radius 3 is 2.73 bits per heavy atom. The molecule has 2 unspecified atom stereocenters. The highest BCUT2D eigenvalue weighted by Gasteiger charge is 2.30. The van der Waals surface area contributed by atoms with Crippen LogP contribution in [0.2, 0.25) is 0 Å². The molecular formula is C25H27N3O5. The third-order valence-electron chi connectivity index (χ3n) is 6.05. The molecular weight excluding hydrogens is 422 g/mol. The van der Waals surface area contributed by atoms with Crippen molar-refractivity contribution in [2.24, 2.45) is 5.73 Å². The normalized spacial score (nSPS) is 16.7. The van der Waals surface area contributed by atoms with Crippen LogP contribution in [0.3, 0.4) is 0 Å². The maximum Gasteiger partial charge on any atom is 0.329 e. The lowest BCUT2D eigenvalue weighted by Gasteiger charge is -2.21. The molecule has 8 nitrogen and oxygen atoms in total. The third-order valence-corrected chi connectivity index (χ3v) is 6.05. The van der Waals surface area contributed by atoms with E-state index in [-0.39, 0.29) is 25.4 Å². The van der Waals surface area contributed by atoms with Gasteiger partial charge in [0, 0.05) is 29.9 Å². The number of aryl methyl sites for hydroxylation is 1. The summed E-state index contributed by atoms with van der Waals surface area (Å²) in [5.74, 6) is -2.13. The van der Waals surface area contributed by atoms with Crippen molar-refractivity contribution >= 4 is 28.7 Å². The second-order valence-corrected chi connectivity index (χ2v) is 8.33. The highest BCUT2D eigenvalue weighted by atomic mass is 16.5. The van der Waals surface area contributed by atoms with Crippen LogP contribution in [0.5, 0.6) is 0 Å². The van der Waals surface area contributed by atoms with Gasteiger partial charge in [-0.1, -0.05) is 42.5 Å². The minimum atomic E-state index is -1.17. The van der Waals surface area contributed by atoms with Gasteiger partial charge in [-0.25, -0.2) is 4.79 Å². The lowest BCUT2D eigenvalue weighted by molar-refractivity contribution is -0.153. The first-order valence-electron chi connectivity index (χ1n) is 11.0. The zero-order valence-corrected chi connectivity index (χ0v) is 18.1. The van der Waals surface area contributed by atoms with E-state index in [1.807, 2.05) is 54.7 Å². The molecule has 1 aliphatic carbocycles. The molecule has 1 heterocycles. The summed E-state index contributed by atoms with van der Waals surface area (Å²) in [5, 5.41) is 12.6. The molecule has 3 aromatic rings. The van der Waals surface area contributed by atoms with E-state index in [2.05, 4.69) is 10.3 Å². The molecule has 0 aliphatic heterocycles. The van der Waals surface area contributed by atoms with Gasteiger partial charge in [-0.3, -0.25) is 9.59 Å². The number of hydrogen-bond acceptors (Lipinski definition) is 5. The number of ether oxygens (including phenoxy) is 1. The number of nitrogens with two attached hydrogens (primary N) is 1. The standard InChI is InChI=1S/C25H27N3O5/c26-19(24(30)31)10-12-23(29)28-21(13-16-14-27-20-8-4-3-6-17(16)20)25(32)33-22-11-9-15-5-1-2-7-18(15)22/h1-8,14,19,21-22,27H,9-13,26H2,(H,28,29)(H,30,31)/t19-,21?,22?/m1/s1. The molecule has 0 spiro atoms. The summed E-state index contributed by atoms with van der Waals surface area (Å²) in [5.41, 5.74) is 9.47. The minimum absolute atomic E-state index is 0.0218. The number of carbonyl (C=O) groups is 3. The minimum Gasteiger partial charge on any atom is -0.480 e. The number of rotatable bonds is 9. The molecule has 3 atom stereocenters. The molecule has 33 heavy (non-hydrogen) atoms. The molecule has 5 N–H and O–H groups in total. The van der Waals surface area contributed by atoms with E-state index in [1.54, 1.807) is 0 Å². The van der Waals surface area contributed by atoms with Crippen LogP contribution in [0.15, 0.2) is 54.7 Å². The van der Waals surface area contributed by atoms with Crippen molar-refractivity contribution in [1.29, 1.82) is 0 Å². The Balaban J connectivity index is 1.49. The van der Waals surface area contributed by atoms with Crippen molar-refractivity contribution < 1.29 is 24.2 Å². The van der Waals surface area contributed by atoms with Gasteiger partial charge in [-0.15, -0.1) is 0 Å². The zero-order chi connectivity index (χ0) is 23.4. The number of H-pyrrole nitrogens is 1. The van der Waals surface area contributed by atoms with E-state index in [0.717, 1.165) is 34.0 Å². The Hall–Kier alpha value is -3.65. The average molecular weight is 450 g/mol. The molecule has 2 aromatic carbocycles. The zero-order valence-electron chi connectivity index (χ0n) is 18.1. The number of amides is 1. The number of aromatic amines is 1. The van der Waals surface area contributed by atoms with E-state index < -0.39 is 29.9 Å². The predicted octanol–water partition coefficient (Wildman–Crippen LogP) is 2.62. The summed E-state index contributed by atoms with van der Waals surface area (Å²) in [6.45, 7) is 0. The van der Waals surface area contributed by atoms with E-state index >= 15 is 0 Å². The summed E-state index contributed by atoms with van der Waals surface area (Å²) in [6, 6.07) is 13.5. The molecule has 0 radical (unpaired) electrons. The van der Waals surface area contributed by atoms with Gasteiger partial charge < -0.3 is 25.9 Å². The fourth-order valence-electron chi connectivity index (χ4n) is 4.25. The first-order chi connectivity index (χ1) is 15.9. The Labute approximate surface area is 191 Å². The molecule has 8 heteroatoms. The number of carbonyl (C=O) groups excluding carboxylic acids is 2. The highest BCUT2D eigenvalue weighted by molar-refractivity contribution is 5.87. The fourth-order valence-corrected chi connectivity index (χ4v) is 4.25. The number of esters is 1. The van der Waals surface area contributed by atoms with Crippen LogP contribution in [0, 0.1) is 0 Å². The summed E-state index contributed by atoms with van der Waals surface area (Å²) in [6.07, 6.45) is 3.13. The lowest BCUT2D eigenvalue weighted by atomic mass is 10.0. The molecule has 1 aromatic heterocycles. The maximum atomic E-state index is 13.2. The number of nitrogens with one attached hydrogen (secondary N) is 2. The van der Waals surface area contributed by atoms with Crippen molar-refractivity contribution in [1.82, 2.24) is 10.3 Å². The van der Waals surface area contributed by atoms with Gasteiger partial charge in [0.15, 0.2) is 0 Å². The Kier molecular flexibility index (Phi) is 6.74. The number of fused-ring (bicyclic) bond motifs is 2. The quantitative estimate of drug-likeness (QED) is 0.371. The Morgan fingerprint density at radius 2 is 1.91 bits per heavy atom. The first kappa shape index (κ1) is 22.5. The van der Waals surface area contributed by atoms with Crippen molar-refractivity contribution in [3.63, 3.8) is 0 Å². The van der Waals surface area contributed by atoms with Crippen molar-refractivity contribution in [3.8, 4) is 0 Å². The Bertz CT molecular complexity index is 1170. The van der Waals surface area contributed by atoms with Crippen LogP contribution in [0.25, 0.3) is 10.9 Å². The lowest BCUT2D eigenvalue weighted by Crippen LogP contribution is -2.44. The Morgan fingerprint density at radius 1 is 1.15 bits per heavy atom. The number of aliphatic carboxylic acids is 1. The van der Waals surface area contributed by atoms with Crippen LogP contribution in [-0.4, -0.2) is 40.0 Å². The topological polar surface area (TPSA) is 135 Å². The van der Waals surface area contributed by atoms with Crippen LogP contribution in [-0.2, 0) is 32.0 Å². The molecule has 0 saturated heterocycles.